The van der Waals surface area contributed by atoms with Crippen molar-refractivity contribution >= 4 is 22.3 Å². The van der Waals surface area contributed by atoms with Gasteiger partial charge in [0.2, 0.25) is 0 Å². The quantitative estimate of drug-likeness (QED) is 0.217. The van der Waals surface area contributed by atoms with Gasteiger partial charge >= 0.3 is 0 Å². The smallest absolute Gasteiger partial charge is 0.103 e. The molecule has 3 aromatic carbocycles. The monoisotopic (exact) mass is 501 g/mol. The van der Waals surface area contributed by atoms with E-state index in [0.717, 1.165) is 65.0 Å². The van der Waals surface area contributed by atoms with Crippen LogP contribution in [-0.2, 0) is 13.0 Å². The van der Waals surface area contributed by atoms with Gasteiger partial charge in [-0.05, 0) is 72.2 Å². The molecular formula is C32H31N5O. The third-order valence-electron chi connectivity index (χ3n) is 6.53. The van der Waals surface area contributed by atoms with Crippen LogP contribution in [0.1, 0.15) is 22.3 Å². The van der Waals surface area contributed by atoms with Gasteiger partial charge in [-0.1, -0.05) is 42.5 Å². The largest absolute Gasteiger partial charge is 0.472 e. The van der Waals surface area contributed by atoms with E-state index in [0.29, 0.717) is 5.56 Å². The normalized spacial score (nSPS) is 11.1. The molecule has 6 nitrogen and oxygen atoms in total. The molecule has 0 atom stereocenters. The lowest BCUT2D eigenvalue weighted by Crippen LogP contribution is -2.26. The summed E-state index contributed by atoms with van der Waals surface area (Å²) in [4.78, 5) is 6.78. The van der Waals surface area contributed by atoms with Gasteiger partial charge in [-0.2, -0.15) is 5.26 Å². The van der Waals surface area contributed by atoms with Crippen molar-refractivity contribution in [2.45, 2.75) is 13.0 Å². The first-order valence-corrected chi connectivity index (χ1v) is 12.7. The Morgan fingerprint density at radius 3 is 2.53 bits per heavy atom. The van der Waals surface area contributed by atoms with Crippen LogP contribution in [0.25, 0.3) is 22.0 Å². The average molecular weight is 502 g/mol. The number of furan rings is 1. The Balaban J connectivity index is 1.37. The van der Waals surface area contributed by atoms with Gasteiger partial charge in [-0.15, -0.1) is 0 Å². The van der Waals surface area contributed by atoms with Crippen LogP contribution < -0.4 is 10.6 Å². The molecule has 2 heterocycles. The highest BCUT2D eigenvalue weighted by Gasteiger charge is 2.11. The molecule has 0 radical (unpaired) electrons. The van der Waals surface area contributed by atoms with Gasteiger partial charge < -0.3 is 20.0 Å². The fourth-order valence-electron chi connectivity index (χ4n) is 4.47. The minimum Gasteiger partial charge on any atom is -0.472 e. The topological polar surface area (TPSA) is 77.1 Å². The average Bonchev–Trinajstić information content (AvgIpc) is 3.45. The van der Waals surface area contributed by atoms with Crippen LogP contribution in [0.2, 0.25) is 0 Å². The molecule has 0 saturated carbocycles. The minimum absolute atomic E-state index is 0.513. The van der Waals surface area contributed by atoms with Crippen molar-refractivity contribution in [1.82, 2.24) is 15.2 Å². The molecular weight excluding hydrogens is 470 g/mol. The molecule has 6 heteroatoms. The van der Waals surface area contributed by atoms with E-state index in [9.17, 15) is 5.26 Å². The van der Waals surface area contributed by atoms with Crippen molar-refractivity contribution in [3.8, 4) is 17.2 Å². The van der Waals surface area contributed by atoms with Gasteiger partial charge in [0.05, 0.1) is 29.3 Å². The predicted molar refractivity (Wildman–Crippen MR) is 153 cm³/mol. The van der Waals surface area contributed by atoms with Crippen LogP contribution in [-0.4, -0.2) is 37.1 Å². The fraction of sp³-hybridized carbons (Fsp3) is 0.188. The predicted octanol–water partition coefficient (Wildman–Crippen LogP) is 6.35. The molecule has 0 aliphatic heterocycles. The number of nitrogens with zero attached hydrogens (tertiary/aromatic N) is 3. The van der Waals surface area contributed by atoms with Crippen molar-refractivity contribution in [2.24, 2.45) is 0 Å². The Labute approximate surface area is 223 Å². The van der Waals surface area contributed by atoms with E-state index < -0.39 is 0 Å². The van der Waals surface area contributed by atoms with Crippen molar-refractivity contribution in [1.29, 1.82) is 5.26 Å². The van der Waals surface area contributed by atoms with Crippen LogP contribution in [0.15, 0.2) is 95.9 Å². The maximum absolute atomic E-state index is 9.78. The molecule has 0 spiro atoms. The maximum atomic E-state index is 9.78. The summed E-state index contributed by atoms with van der Waals surface area (Å²) in [6, 6.07) is 27.3. The van der Waals surface area contributed by atoms with E-state index in [1.165, 1.54) is 11.1 Å². The highest BCUT2D eigenvalue weighted by atomic mass is 16.3. The molecule has 38 heavy (non-hydrogen) atoms. The SMILES string of the molecule is CN(C)CCNCc1cccc(-c2ccc3c(Nc4ccc(Cc5ccoc5)cc4)c(C#N)cnc3c2)c1. The minimum atomic E-state index is 0.513. The first-order valence-electron chi connectivity index (χ1n) is 12.7. The molecule has 0 aliphatic carbocycles. The highest BCUT2D eigenvalue weighted by molar-refractivity contribution is 5.97. The molecule has 0 unspecified atom stereocenters. The number of hydrogen-bond donors (Lipinski definition) is 2. The number of likely N-dealkylation sites (N-methyl/N-ethyl adjacent to an activating group) is 1. The van der Waals surface area contributed by atoms with E-state index in [2.05, 4.69) is 95.3 Å². The van der Waals surface area contributed by atoms with Crippen molar-refractivity contribution in [2.75, 3.05) is 32.5 Å². The van der Waals surface area contributed by atoms with Gasteiger partial charge in [0, 0.05) is 43.3 Å². The van der Waals surface area contributed by atoms with Crippen molar-refractivity contribution < 1.29 is 4.42 Å². The van der Waals surface area contributed by atoms with E-state index >= 15 is 0 Å². The molecule has 5 aromatic rings. The Morgan fingerprint density at radius 1 is 0.921 bits per heavy atom. The Bertz CT molecular complexity index is 1550. The maximum Gasteiger partial charge on any atom is 0.103 e. The lowest BCUT2D eigenvalue weighted by molar-refractivity contribution is 0.400. The van der Waals surface area contributed by atoms with Crippen molar-refractivity contribution in [3.63, 3.8) is 0 Å². The zero-order valence-electron chi connectivity index (χ0n) is 21.7. The number of benzene rings is 3. The lowest BCUT2D eigenvalue weighted by Gasteiger charge is -2.13. The first kappa shape index (κ1) is 25.2. The summed E-state index contributed by atoms with van der Waals surface area (Å²) in [5.74, 6) is 0. The van der Waals surface area contributed by atoms with E-state index in [4.69, 9.17) is 4.42 Å². The third kappa shape index (κ3) is 6.09. The van der Waals surface area contributed by atoms with Crippen LogP contribution >= 0.6 is 0 Å². The number of pyridine rings is 1. The second-order valence-corrected chi connectivity index (χ2v) is 9.70. The van der Waals surface area contributed by atoms with Gasteiger partial charge in [0.1, 0.15) is 6.07 Å². The molecule has 2 aromatic heterocycles. The molecule has 0 amide bonds. The molecule has 0 fully saturated rings. The number of hydrogen-bond acceptors (Lipinski definition) is 6. The second-order valence-electron chi connectivity index (χ2n) is 9.70. The third-order valence-corrected chi connectivity index (χ3v) is 6.53. The molecule has 190 valence electrons. The highest BCUT2D eigenvalue weighted by Crippen LogP contribution is 2.32. The molecule has 0 saturated heterocycles. The second kappa shape index (κ2) is 11.7. The number of fused-ring (bicyclic) bond motifs is 1. The zero-order chi connectivity index (χ0) is 26.3. The Morgan fingerprint density at radius 2 is 1.76 bits per heavy atom. The van der Waals surface area contributed by atoms with Gasteiger partial charge in [-0.25, -0.2) is 0 Å². The van der Waals surface area contributed by atoms with E-state index in [1.54, 1.807) is 18.7 Å². The summed E-state index contributed by atoms with van der Waals surface area (Å²) in [6.07, 6.45) is 5.92. The summed E-state index contributed by atoms with van der Waals surface area (Å²) >= 11 is 0. The number of anilines is 2. The van der Waals surface area contributed by atoms with Gasteiger partial charge in [0.25, 0.3) is 0 Å². The summed E-state index contributed by atoms with van der Waals surface area (Å²) in [7, 11) is 4.16. The summed E-state index contributed by atoms with van der Waals surface area (Å²) in [6.45, 7) is 2.78. The standard InChI is InChI=1S/C32H31N5O/c1-37(2)14-13-34-20-24-4-3-5-26(17-24)27-8-11-30-31(18-27)35-21-28(19-33)32(30)36-29-9-6-23(7-10-29)16-25-12-15-38-22-25/h3-12,15,17-18,21-22,34H,13-14,16,20H2,1-2H3,(H,35,36). The number of nitriles is 1. The van der Waals surface area contributed by atoms with Gasteiger partial charge in [0.15, 0.2) is 0 Å². The van der Waals surface area contributed by atoms with Gasteiger partial charge in [-0.3, -0.25) is 4.98 Å². The summed E-state index contributed by atoms with van der Waals surface area (Å²) in [5.41, 5.74) is 8.86. The van der Waals surface area contributed by atoms with Crippen LogP contribution in [0.4, 0.5) is 11.4 Å². The van der Waals surface area contributed by atoms with Crippen LogP contribution in [0.3, 0.4) is 0 Å². The molecule has 5 rings (SSSR count). The molecule has 0 aliphatic rings. The molecule has 2 N–H and O–H groups in total. The first-order chi connectivity index (χ1) is 18.6. The summed E-state index contributed by atoms with van der Waals surface area (Å²) in [5, 5.41) is 17.7. The molecule has 0 bridgehead atoms. The van der Waals surface area contributed by atoms with E-state index in [-0.39, 0.29) is 0 Å². The van der Waals surface area contributed by atoms with E-state index in [1.807, 2.05) is 18.2 Å². The summed E-state index contributed by atoms with van der Waals surface area (Å²) < 4.78 is 5.17. The Hall–Kier alpha value is -4.44. The Kier molecular flexibility index (Phi) is 7.79. The number of aromatic nitrogens is 1. The number of rotatable bonds is 10. The zero-order valence-corrected chi connectivity index (χ0v) is 21.7. The van der Waals surface area contributed by atoms with Crippen LogP contribution in [0.5, 0.6) is 0 Å². The van der Waals surface area contributed by atoms with Crippen LogP contribution in [0, 0.1) is 11.3 Å². The fourth-order valence-corrected chi connectivity index (χ4v) is 4.47. The number of nitrogens with one attached hydrogen (secondary N) is 2. The van der Waals surface area contributed by atoms with Crippen molar-refractivity contribution in [3.05, 3.63) is 114 Å². The lowest BCUT2D eigenvalue weighted by atomic mass is 10.00.